The van der Waals surface area contributed by atoms with Crippen molar-refractivity contribution in [1.82, 2.24) is 29.8 Å². The number of nitrogens with zero attached hydrogens (tertiary/aromatic N) is 5. The van der Waals surface area contributed by atoms with Crippen LogP contribution in [0.3, 0.4) is 0 Å². The maximum atomic E-state index is 12.5. The van der Waals surface area contributed by atoms with Crippen molar-refractivity contribution >= 4 is 17.1 Å². The van der Waals surface area contributed by atoms with Crippen LogP contribution in [0.5, 0.6) is 0 Å². The van der Waals surface area contributed by atoms with Gasteiger partial charge in [-0.3, -0.25) is 4.90 Å². The Morgan fingerprint density at radius 2 is 1.96 bits per heavy atom. The topological polar surface area (TPSA) is 79.4 Å². The highest BCUT2D eigenvalue weighted by atomic mass is 16.5. The van der Waals surface area contributed by atoms with Gasteiger partial charge in [-0.1, -0.05) is 17.3 Å². The average molecular weight is 382 g/mol. The average Bonchev–Trinajstić information content (AvgIpc) is 3.25. The molecule has 1 aliphatic rings. The van der Waals surface area contributed by atoms with E-state index in [1.54, 1.807) is 0 Å². The van der Waals surface area contributed by atoms with Crippen LogP contribution in [0.25, 0.3) is 11.0 Å². The molecule has 0 spiro atoms. The van der Waals surface area contributed by atoms with Gasteiger partial charge in [-0.2, -0.15) is 0 Å². The highest BCUT2D eigenvalue weighted by Gasteiger charge is 2.21. The number of fused-ring (bicyclic) bond motifs is 1. The largest absolute Gasteiger partial charge is 0.360 e. The number of hydrogen-bond donors (Lipinski definition) is 1. The van der Waals surface area contributed by atoms with Crippen molar-refractivity contribution in [1.29, 1.82) is 0 Å². The third-order valence-corrected chi connectivity index (χ3v) is 5.17. The normalized spacial score (nSPS) is 15.3. The highest BCUT2D eigenvalue weighted by molar-refractivity contribution is 5.76. The summed E-state index contributed by atoms with van der Waals surface area (Å²) >= 11 is 0. The number of urea groups is 1. The Labute approximate surface area is 164 Å². The summed E-state index contributed by atoms with van der Waals surface area (Å²) in [7, 11) is 0. The van der Waals surface area contributed by atoms with Crippen LogP contribution in [0.2, 0.25) is 0 Å². The molecule has 3 aromatic rings. The zero-order valence-electron chi connectivity index (χ0n) is 16.4. The van der Waals surface area contributed by atoms with E-state index >= 15 is 0 Å². The van der Waals surface area contributed by atoms with Crippen molar-refractivity contribution in [2.24, 2.45) is 0 Å². The smallest absolute Gasteiger partial charge is 0.317 e. The Hall–Kier alpha value is -2.87. The minimum absolute atomic E-state index is 0.00256. The van der Waals surface area contributed by atoms with Crippen molar-refractivity contribution in [3.63, 3.8) is 0 Å². The minimum Gasteiger partial charge on any atom is -0.360 e. The molecule has 148 valence electrons. The molecule has 0 aliphatic carbocycles. The van der Waals surface area contributed by atoms with Crippen LogP contribution in [0.15, 0.2) is 34.9 Å². The number of carbonyl (C=O) groups excluding carboxylic acids is 1. The number of aryl methyl sites for hydroxylation is 2. The lowest BCUT2D eigenvalue weighted by Gasteiger charge is -2.34. The van der Waals surface area contributed by atoms with Crippen LogP contribution in [0.4, 0.5) is 4.79 Å². The second-order valence-electron chi connectivity index (χ2n) is 7.23. The summed E-state index contributed by atoms with van der Waals surface area (Å²) in [5, 5.41) is 6.96. The number of para-hydroxylation sites is 2. The predicted octanol–water partition coefficient (Wildman–Crippen LogP) is 2.17. The second kappa shape index (κ2) is 8.02. The summed E-state index contributed by atoms with van der Waals surface area (Å²) in [6.07, 6.45) is 0. The minimum atomic E-state index is -0.00256. The van der Waals surface area contributed by atoms with E-state index < -0.39 is 0 Å². The monoisotopic (exact) mass is 382 g/mol. The van der Waals surface area contributed by atoms with E-state index in [1.165, 1.54) is 0 Å². The van der Waals surface area contributed by atoms with Crippen LogP contribution in [0.1, 0.15) is 17.3 Å². The molecule has 2 amide bonds. The number of rotatable bonds is 5. The first-order valence-corrected chi connectivity index (χ1v) is 9.69. The zero-order chi connectivity index (χ0) is 19.5. The van der Waals surface area contributed by atoms with Gasteiger partial charge in [0, 0.05) is 45.3 Å². The third-order valence-electron chi connectivity index (χ3n) is 5.17. The van der Waals surface area contributed by atoms with Crippen LogP contribution in [-0.4, -0.2) is 63.3 Å². The van der Waals surface area contributed by atoms with Gasteiger partial charge in [0.15, 0.2) is 5.76 Å². The van der Waals surface area contributed by atoms with Gasteiger partial charge in [0.1, 0.15) is 5.82 Å². The van der Waals surface area contributed by atoms with Gasteiger partial charge in [0.05, 0.1) is 23.3 Å². The fourth-order valence-electron chi connectivity index (χ4n) is 3.68. The maximum absolute atomic E-state index is 12.5. The lowest BCUT2D eigenvalue weighted by molar-refractivity contribution is 0.128. The predicted molar refractivity (Wildman–Crippen MR) is 106 cm³/mol. The SMILES string of the molecule is Cc1cc(CN2CCN(C(=O)NCCn3c(C)nc4ccccc43)CC2)on1. The Balaban J connectivity index is 1.24. The van der Waals surface area contributed by atoms with E-state index in [1.807, 2.05) is 43.0 Å². The maximum Gasteiger partial charge on any atom is 0.317 e. The fraction of sp³-hybridized carbons (Fsp3) is 0.450. The van der Waals surface area contributed by atoms with Gasteiger partial charge in [-0.25, -0.2) is 9.78 Å². The Morgan fingerprint density at radius 3 is 2.71 bits per heavy atom. The Kier molecular flexibility index (Phi) is 5.29. The molecule has 2 aromatic heterocycles. The van der Waals surface area contributed by atoms with Gasteiger partial charge in [-0.15, -0.1) is 0 Å². The van der Waals surface area contributed by atoms with E-state index in [9.17, 15) is 4.79 Å². The Bertz CT molecular complexity index is 955. The molecule has 1 saturated heterocycles. The summed E-state index contributed by atoms with van der Waals surface area (Å²) in [6.45, 7) is 9.04. The summed E-state index contributed by atoms with van der Waals surface area (Å²) in [5.41, 5.74) is 2.99. The quantitative estimate of drug-likeness (QED) is 0.732. The van der Waals surface area contributed by atoms with Gasteiger partial charge >= 0.3 is 6.03 Å². The molecule has 0 bridgehead atoms. The van der Waals surface area contributed by atoms with E-state index in [2.05, 4.69) is 31.0 Å². The molecule has 0 atom stereocenters. The molecule has 4 rings (SSSR count). The van der Waals surface area contributed by atoms with Crippen molar-refractivity contribution < 1.29 is 9.32 Å². The number of hydrogen-bond acceptors (Lipinski definition) is 5. The number of benzene rings is 1. The van der Waals surface area contributed by atoms with Crippen LogP contribution in [-0.2, 0) is 13.1 Å². The van der Waals surface area contributed by atoms with Crippen molar-refractivity contribution in [2.45, 2.75) is 26.9 Å². The van der Waals surface area contributed by atoms with Gasteiger partial charge in [0.2, 0.25) is 0 Å². The summed E-state index contributed by atoms with van der Waals surface area (Å²) in [5.74, 6) is 1.84. The van der Waals surface area contributed by atoms with E-state index in [4.69, 9.17) is 4.52 Å². The highest BCUT2D eigenvalue weighted by Crippen LogP contribution is 2.15. The molecule has 0 saturated carbocycles. The number of piperazine rings is 1. The third kappa shape index (κ3) is 4.01. The van der Waals surface area contributed by atoms with E-state index in [0.717, 1.165) is 47.9 Å². The molecule has 1 fully saturated rings. The first-order chi connectivity index (χ1) is 13.6. The van der Waals surface area contributed by atoms with E-state index in [0.29, 0.717) is 26.2 Å². The van der Waals surface area contributed by atoms with Crippen molar-refractivity contribution in [2.75, 3.05) is 32.7 Å². The molecule has 28 heavy (non-hydrogen) atoms. The van der Waals surface area contributed by atoms with Crippen molar-refractivity contribution in [3.05, 3.63) is 47.6 Å². The molecular formula is C20H26N6O2. The van der Waals surface area contributed by atoms with Crippen LogP contribution in [0, 0.1) is 13.8 Å². The molecule has 0 radical (unpaired) electrons. The molecular weight excluding hydrogens is 356 g/mol. The molecule has 1 aromatic carbocycles. The van der Waals surface area contributed by atoms with Crippen LogP contribution < -0.4 is 5.32 Å². The van der Waals surface area contributed by atoms with Gasteiger partial charge in [0.25, 0.3) is 0 Å². The van der Waals surface area contributed by atoms with E-state index in [-0.39, 0.29) is 6.03 Å². The second-order valence-corrected chi connectivity index (χ2v) is 7.23. The molecule has 8 heteroatoms. The van der Waals surface area contributed by atoms with Crippen LogP contribution >= 0.6 is 0 Å². The fourth-order valence-corrected chi connectivity index (χ4v) is 3.68. The lowest BCUT2D eigenvalue weighted by Crippen LogP contribution is -2.51. The number of aromatic nitrogens is 3. The first-order valence-electron chi connectivity index (χ1n) is 9.69. The number of carbonyl (C=O) groups is 1. The van der Waals surface area contributed by atoms with Gasteiger partial charge in [-0.05, 0) is 26.0 Å². The summed E-state index contributed by atoms with van der Waals surface area (Å²) < 4.78 is 7.42. The first kappa shape index (κ1) is 18.5. The van der Waals surface area contributed by atoms with Crippen molar-refractivity contribution in [3.8, 4) is 0 Å². The standard InChI is InChI=1S/C20H26N6O2/c1-15-13-17(28-23-15)14-24-9-11-25(12-10-24)20(27)21-7-8-26-16(2)22-18-5-3-4-6-19(18)26/h3-6,13H,7-12,14H2,1-2H3,(H,21,27). The molecule has 8 nitrogen and oxygen atoms in total. The summed E-state index contributed by atoms with van der Waals surface area (Å²) in [6, 6.07) is 10.0. The lowest BCUT2D eigenvalue weighted by atomic mass is 10.3. The number of amides is 2. The summed E-state index contributed by atoms with van der Waals surface area (Å²) in [4.78, 5) is 21.2. The molecule has 1 aliphatic heterocycles. The zero-order valence-corrected chi connectivity index (χ0v) is 16.4. The Morgan fingerprint density at radius 1 is 1.18 bits per heavy atom. The molecule has 0 unspecified atom stereocenters. The molecule has 1 N–H and O–H groups in total. The molecule has 3 heterocycles. The van der Waals surface area contributed by atoms with Gasteiger partial charge < -0.3 is 19.3 Å². The number of imidazole rings is 1. The number of nitrogens with one attached hydrogen (secondary N) is 1.